The van der Waals surface area contributed by atoms with Crippen LogP contribution >= 0.6 is 0 Å². The van der Waals surface area contributed by atoms with Crippen molar-refractivity contribution in [2.45, 2.75) is 13.3 Å². The second-order valence-corrected chi connectivity index (χ2v) is 4.59. The Kier molecular flexibility index (Phi) is 4.34. The number of nitrogens with one attached hydrogen (secondary N) is 1. The van der Waals surface area contributed by atoms with Crippen molar-refractivity contribution in [3.05, 3.63) is 42.0 Å². The molecular formula is C15H18N2O2. The van der Waals surface area contributed by atoms with Crippen LogP contribution in [0.1, 0.15) is 18.9 Å². The number of carbonyl (C=O) groups excluding carboxylic acids is 2. The van der Waals surface area contributed by atoms with E-state index in [9.17, 15) is 9.59 Å². The van der Waals surface area contributed by atoms with Gasteiger partial charge in [-0.2, -0.15) is 0 Å². The van der Waals surface area contributed by atoms with E-state index in [-0.39, 0.29) is 18.4 Å². The van der Waals surface area contributed by atoms with E-state index in [4.69, 9.17) is 0 Å². The SMILES string of the molecule is CC(=O)NCC(=O)N1CC=C(c2ccccc2)CC1. The fourth-order valence-electron chi connectivity index (χ4n) is 2.12. The van der Waals surface area contributed by atoms with Crippen LogP contribution in [0.5, 0.6) is 0 Å². The van der Waals surface area contributed by atoms with E-state index >= 15 is 0 Å². The lowest BCUT2D eigenvalue weighted by atomic mass is 9.99. The van der Waals surface area contributed by atoms with Gasteiger partial charge in [-0.25, -0.2) is 0 Å². The van der Waals surface area contributed by atoms with Gasteiger partial charge in [0.05, 0.1) is 6.54 Å². The summed E-state index contributed by atoms with van der Waals surface area (Å²) in [6.07, 6.45) is 2.94. The van der Waals surface area contributed by atoms with Gasteiger partial charge in [-0.05, 0) is 17.6 Å². The van der Waals surface area contributed by atoms with Crippen molar-refractivity contribution in [2.24, 2.45) is 0 Å². The predicted octanol–water partition coefficient (Wildman–Crippen LogP) is 1.44. The molecule has 0 fully saturated rings. The first-order chi connectivity index (χ1) is 9.16. The van der Waals surface area contributed by atoms with Crippen molar-refractivity contribution in [2.75, 3.05) is 19.6 Å². The van der Waals surface area contributed by atoms with Crippen molar-refractivity contribution in [3.63, 3.8) is 0 Å². The average Bonchev–Trinajstić information content (AvgIpc) is 2.46. The molecule has 0 bridgehead atoms. The highest BCUT2D eigenvalue weighted by Gasteiger charge is 2.17. The second kappa shape index (κ2) is 6.18. The summed E-state index contributed by atoms with van der Waals surface area (Å²) in [7, 11) is 0. The molecule has 1 heterocycles. The number of hydrogen-bond acceptors (Lipinski definition) is 2. The maximum Gasteiger partial charge on any atom is 0.242 e. The Morgan fingerprint density at radius 1 is 1.26 bits per heavy atom. The molecule has 2 amide bonds. The van der Waals surface area contributed by atoms with E-state index in [1.165, 1.54) is 18.1 Å². The van der Waals surface area contributed by atoms with Crippen LogP contribution in [0.2, 0.25) is 0 Å². The zero-order valence-corrected chi connectivity index (χ0v) is 11.1. The summed E-state index contributed by atoms with van der Waals surface area (Å²) in [5.41, 5.74) is 2.50. The summed E-state index contributed by atoms with van der Waals surface area (Å²) in [6, 6.07) is 10.2. The number of nitrogens with zero attached hydrogens (tertiary/aromatic N) is 1. The molecule has 0 saturated heterocycles. The number of amides is 2. The Balaban J connectivity index is 1.92. The number of carbonyl (C=O) groups is 2. The smallest absolute Gasteiger partial charge is 0.242 e. The van der Waals surface area contributed by atoms with Crippen molar-refractivity contribution in [1.29, 1.82) is 0 Å². The highest BCUT2D eigenvalue weighted by Crippen LogP contribution is 2.21. The molecule has 0 aliphatic carbocycles. The van der Waals surface area contributed by atoms with E-state index in [0.29, 0.717) is 13.1 Å². The molecule has 1 aromatic carbocycles. The first-order valence-corrected chi connectivity index (χ1v) is 6.43. The van der Waals surface area contributed by atoms with Crippen molar-refractivity contribution in [3.8, 4) is 0 Å². The topological polar surface area (TPSA) is 49.4 Å². The highest BCUT2D eigenvalue weighted by atomic mass is 16.2. The zero-order valence-electron chi connectivity index (χ0n) is 11.1. The van der Waals surface area contributed by atoms with Gasteiger partial charge in [-0.3, -0.25) is 9.59 Å². The minimum Gasteiger partial charge on any atom is -0.347 e. The molecule has 100 valence electrons. The fraction of sp³-hybridized carbons (Fsp3) is 0.333. The molecule has 1 N–H and O–H groups in total. The number of hydrogen-bond donors (Lipinski definition) is 1. The van der Waals surface area contributed by atoms with Crippen LogP contribution in [0, 0.1) is 0 Å². The number of rotatable bonds is 3. The largest absolute Gasteiger partial charge is 0.347 e. The maximum atomic E-state index is 11.8. The molecule has 4 nitrogen and oxygen atoms in total. The molecule has 0 spiro atoms. The third-order valence-electron chi connectivity index (χ3n) is 3.19. The molecule has 1 aliphatic heterocycles. The molecule has 1 aliphatic rings. The Hall–Kier alpha value is -2.10. The Morgan fingerprint density at radius 3 is 2.58 bits per heavy atom. The van der Waals surface area contributed by atoms with Crippen LogP contribution in [0.25, 0.3) is 5.57 Å². The van der Waals surface area contributed by atoms with Gasteiger partial charge in [0.2, 0.25) is 11.8 Å². The molecule has 0 unspecified atom stereocenters. The lowest BCUT2D eigenvalue weighted by molar-refractivity contribution is -0.132. The molecule has 4 heteroatoms. The summed E-state index contributed by atoms with van der Waals surface area (Å²) >= 11 is 0. The third kappa shape index (κ3) is 3.68. The molecule has 19 heavy (non-hydrogen) atoms. The van der Waals surface area contributed by atoms with Gasteiger partial charge in [0.25, 0.3) is 0 Å². The van der Waals surface area contributed by atoms with Crippen LogP contribution in [-0.2, 0) is 9.59 Å². The monoisotopic (exact) mass is 258 g/mol. The Labute approximate surface area is 113 Å². The van der Waals surface area contributed by atoms with Gasteiger partial charge < -0.3 is 10.2 Å². The molecule has 0 aromatic heterocycles. The van der Waals surface area contributed by atoms with Crippen LogP contribution in [0.3, 0.4) is 0 Å². The minimum absolute atomic E-state index is 0.0291. The highest BCUT2D eigenvalue weighted by molar-refractivity contribution is 5.84. The summed E-state index contributed by atoms with van der Waals surface area (Å²) in [5, 5.41) is 2.53. The molecule has 0 radical (unpaired) electrons. The van der Waals surface area contributed by atoms with Crippen molar-refractivity contribution in [1.82, 2.24) is 10.2 Å². The van der Waals surface area contributed by atoms with Gasteiger partial charge in [-0.1, -0.05) is 36.4 Å². The van der Waals surface area contributed by atoms with Gasteiger partial charge in [-0.15, -0.1) is 0 Å². The Morgan fingerprint density at radius 2 is 2.00 bits per heavy atom. The molecule has 0 atom stereocenters. The maximum absolute atomic E-state index is 11.8. The van der Waals surface area contributed by atoms with Gasteiger partial charge in [0, 0.05) is 20.0 Å². The van der Waals surface area contributed by atoms with Crippen LogP contribution in [0.4, 0.5) is 0 Å². The summed E-state index contributed by atoms with van der Waals surface area (Å²) in [6.45, 7) is 2.82. The summed E-state index contributed by atoms with van der Waals surface area (Å²) < 4.78 is 0. The summed E-state index contributed by atoms with van der Waals surface area (Å²) in [5.74, 6) is -0.204. The van der Waals surface area contributed by atoms with Crippen LogP contribution in [0.15, 0.2) is 36.4 Å². The normalized spacial score (nSPS) is 14.8. The molecule has 0 saturated carbocycles. The predicted molar refractivity (Wildman–Crippen MR) is 74.3 cm³/mol. The van der Waals surface area contributed by atoms with Crippen molar-refractivity contribution >= 4 is 17.4 Å². The lowest BCUT2D eigenvalue weighted by Crippen LogP contribution is -2.41. The quantitative estimate of drug-likeness (QED) is 0.892. The Bertz CT molecular complexity index is 494. The number of benzene rings is 1. The average molecular weight is 258 g/mol. The van der Waals surface area contributed by atoms with Gasteiger partial charge >= 0.3 is 0 Å². The van der Waals surface area contributed by atoms with Crippen molar-refractivity contribution < 1.29 is 9.59 Å². The molecular weight excluding hydrogens is 240 g/mol. The first-order valence-electron chi connectivity index (χ1n) is 6.43. The molecule has 2 rings (SSSR count). The van der Waals surface area contributed by atoms with Gasteiger partial charge in [0.15, 0.2) is 0 Å². The standard InChI is InChI=1S/C15H18N2O2/c1-12(18)16-11-15(19)17-9-7-14(8-10-17)13-5-3-2-4-6-13/h2-7H,8-11H2,1H3,(H,16,18). The van der Waals surface area contributed by atoms with E-state index in [1.807, 2.05) is 18.2 Å². The van der Waals surface area contributed by atoms with E-state index in [0.717, 1.165) is 6.42 Å². The van der Waals surface area contributed by atoms with E-state index in [2.05, 4.69) is 23.5 Å². The second-order valence-electron chi connectivity index (χ2n) is 4.59. The van der Waals surface area contributed by atoms with E-state index in [1.54, 1.807) is 4.90 Å². The van der Waals surface area contributed by atoms with Crippen LogP contribution < -0.4 is 5.32 Å². The van der Waals surface area contributed by atoms with Gasteiger partial charge in [0.1, 0.15) is 0 Å². The summed E-state index contributed by atoms with van der Waals surface area (Å²) in [4.78, 5) is 24.4. The fourth-order valence-corrected chi connectivity index (χ4v) is 2.12. The molecule has 1 aromatic rings. The zero-order chi connectivity index (χ0) is 13.7. The lowest BCUT2D eigenvalue weighted by Gasteiger charge is -2.26. The van der Waals surface area contributed by atoms with E-state index < -0.39 is 0 Å². The minimum atomic E-state index is -0.175. The van der Waals surface area contributed by atoms with Crippen LogP contribution in [-0.4, -0.2) is 36.3 Å². The first kappa shape index (κ1) is 13.3. The third-order valence-corrected chi connectivity index (χ3v) is 3.19.